The van der Waals surface area contributed by atoms with Crippen LogP contribution in [0.15, 0.2) is 24.5 Å². The van der Waals surface area contributed by atoms with Crippen molar-refractivity contribution in [3.8, 4) is 10.4 Å². The van der Waals surface area contributed by atoms with E-state index < -0.39 is 18.6 Å². The molecule has 2 N–H and O–H groups in total. The van der Waals surface area contributed by atoms with Gasteiger partial charge in [0.1, 0.15) is 6.54 Å². The van der Waals surface area contributed by atoms with Crippen molar-refractivity contribution in [1.29, 1.82) is 0 Å². The number of hydrogen-bond acceptors (Lipinski definition) is 5. The van der Waals surface area contributed by atoms with Crippen LogP contribution in [-0.2, 0) is 9.59 Å². The van der Waals surface area contributed by atoms with Crippen LogP contribution in [0.4, 0.5) is 18.3 Å². The van der Waals surface area contributed by atoms with Crippen LogP contribution >= 0.6 is 11.3 Å². The molecule has 0 aliphatic carbocycles. The molecule has 140 valence electrons. The SMILES string of the molecule is Cc1nc(NC(=O)CCCC(=O)NCC(F)(F)F)sc1-c1ccncc1. The third kappa shape index (κ3) is 6.43. The van der Waals surface area contributed by atoms with E-state index >= 15 is 0 Å². The highest BCUT2D eigenvalue weighted by Crippen LogP contribution is 2.32. The molecule has 0 saturated heterocycles. The number of carbonyl (C=O) groups is 2. The molecule has 2 amide bonds. The zero-order valence-corrected chi connectivity index (χ0v) is 14.7. The lowest BCUT2D eigenvalue weighted by Crippen LogP contribution is -2.33. The Morgan fingerprint density at radius 3 is 2.46 bits per heavy atom. The maximum Gasteiger partial charge on any atom is 0.405 e. The number of anilines is 1. The first-order valence-corrected chi connectivity index (χ1v) is 8.57. The zero-order valence-electron chi connectivity index (χ0n) is 13.9. The summed E-state index contributed by atoms with van der Waals surface area (Å²) in [7, 11) is 0. The van der Waals surface area contributed by atoms with Crippen molar-refractivity contribution in [2.45, 2.75) is 32.4 Å². The van der Waals surface area contributed by atoms with Crippen LogP contribution < -0.4 is 10.6 Å². The van der Waals surface area contributed by atoms with Gasteiger partial charge in [-0.3, -0.25) is 14.6 Å². The van der Waals surface area contributed by atoms with Crippen LogP contribution in [0.5, 0.6) is 0 Å². The maximum atomic E-state index is 12.0. The number of aryl methyl sites for hydroxylation is 1. The van der Waals surface area contributed by atoms with Gasteiger partial charge < -0.3 is 10.6 Å². The van der Waals surface area contributed by atoms with Gasteiger partial charge in [0.15, 0.2) is 5.13 Å². The molecule has 2 heterocycles. The number of hydrogen-bond donors (Lipinski definition) is 2. The fourth-order valence-corrected chi connectivity index (χ4v) is 3.09. The number of halogens is 3. The molecule has 0 unspecified atom stereocenters. The van der Waals surface area contributed by atoms with E-state index in [1.807, 2.05) is 19.1 Å². The third-order valence-corrected chi connectivity index (χ3v) is 4.40. The quantitative estimate of drug-likeness (QED) is 0.765. The van der Waals surface area contributed by atoms with Crippen LogP contribution in [0.2, 0.25) is 0 Å². The molecule has 0 bridgehead atoms. The molecule has 0 aliphatic heterocycles. The average molecular weight is 386 g/mol. The Bertz CT molecular complexity index is 763. The fraction of sp³-hybridized carbons (Fsp3) is 0.375. The summed E-state index contributed by atoms with van der Waals surface area (Å²) in [6, 6.07) is 3.68. The molecule has 0 atom stereocenters. The second-order valence-electron chi connectivity index (χ2n) is 5.46. The first-order chi connectivity index (χ1) is 12.2. The average Bonchev–Trinajstić information content (AvgIpc) is 2.93. The minimum atomic E-state index is -4.44. The van der Waals surface area contributed by atoms with Gasteiger partial charge in [-0.2, -0.15) is 13.2 Å². The minimum Gasteiger partial charge on any atom is -0.347 e. The molecular formula is C16H17F3N4O2S. The van der Waals surface area contributed by atoms with Crippen LogP contribution in [0, 0.1) is 6.92 Å². The van der Waals surface area contributed by atoms with Crippen molar-refractivity contribution in [1.82, 2.24) is 15.3 Å². The number of pyridine rings is 1. The Morgan fingerprint density at radius 1 is 1.15 bits per heavy atom. The molecule has 2 aromatic heterocycles. The third-order valence-electron chi connectivity index (χ3n) is 3.28. The molecule has 0 spiro atoms. The summed E-state index contributed by atoms with van der Waals surface area (Å²) in [6.07, 6.45) is -1.10. The van der Waals surface area contributed by atoms with E-state index in [-0.39, 0.29) is 25.2 Å². The standard InChI is InChI=1S/C16H17F3N4O2S/c1-10-14(11-5-7-20-8-6-11)26-15(22-10)23-13(25)4-2-3-12(24)21-9-16(17,18)19/h5-8H,2-4,9H2,1H3,(H,21,24)(H,22,23,25). The van der Waals surface area contributed by atoms with Gasteiger partial charge in [0.2, 0.25) is 11.8 Å². The lowest BCUT2D eigenvalue weighted by molar-refractivity contribution is -0.138. The molecule has 2 rings (SSSR count). The molecule has 10 heteroatoms. The lowest BCUT2D eigenvalue weighted by atomic mass is 10.2. The van der Waals surface area contributed by atoms with Gasteiger partial charge in [0.05, 0.1) is 10.6 Å². The number of carbonyl (C=O) groups excluding carboxylic acids is 2. The molecular weight excluding hydrogens is 369 g/mol. The van der Waals surface area contributed by atoms with Crippen LogP contribution in [0.25, 0.3) is 10.4 Å². The first kappa shape index (κ1) is 19.8. The lowest BCUT2D eigenvalue weighted by Gasteiger charge is -2.08. The van der Waals surface area contributed by atoms with Gasteiger partial charge in [-0.1, -0.05) is 11.3 Å². The summed E-state index contributed by atoms with van der Waals surface area (Å²) in [6.45, 7) is 0.459. The number of alkyl halides is 3. The first-order valence-electron chi connectivity index (χ1n) is 7.76. The number of aromatic nitrogens is 2. The Kier molecular flexibility index (Phi) is 6.67. The highest BCUT2D eigenvalue weighted by atomic mass is 32.1. The van der Waals surface area contributed by atoms with Gasteiger partial charge in [-0.15, -0.1) is 0 Å². The number of rotatable bonds is 7. The van der Waals surface area contributed by atoms with Gasteiger partial charge in [-0.05, 0) is 31.0 Å². The highest BCUT2D eigenvalue weighted by molar-refractivity contribution is 7.19. The Hall–Kier alpha value is -2.49. The molecule has 6 nitrogen and oxygen atoms in total. The summed E-state index contributed by atoms with van der Waals surface area (Å²) in [5.74, 6) is -1.08. The molecule has 0 fully saturated rings. The topological polar surface area (TPSA) is 84.0 Å². The second kappa shape index (κ2) is 8.75. The molecule has 0 radical (unpaired) electrons. The highest BCUT2D eigenvalue weighted by Gasteiger charge is 2.27. The Balaban J connectivity index is 1.79. The molecule has 0 saturated carbocycles. The normalized spacial score (nSPS) is 11.2. The van der Waals surface area contributed by atoms with E-state index in [1.165, 1.54) is 11.3 Å². The van der Waals surface area contributed by atoms with Gasteiger partial charge in [-0.25, -0.2) is 4.98 Å². The number of thiazole rings is 1. The van der Waals surface area contributed by atoms with Crippen molar-refractivity contribution in [2.75, 3.05) is 11.9 Å². The van der Waals surface area contributed by atoms with E-state index in [0.717, 1.165) is 16.1 Å². The summed E-state index contributed by atoms with van der Waals surface area (Å²) >= 11 is 1.32. The fourth-order valence-electron chi connectivity index (χ4n) is 2.10. The van der Waals surface area contributed by atoms with E-state index in [4.69, 9.17) is 0 Å². The molecule has 0 aliphatic rings. The summed E-state index contributed by atoms with van der Waals surface area (Å²) in [5, 5.41) is 4.84. The largest absolute Gasteiger partial charge is 0.405 e. The number of amides is 2. The van der Waals surface area contributed by atoms with Crippen molar-refractivity contribution >= 4 is 28.3 Å². The molecule has 26 heavy (non-hydrogen) atoms. The van der Waals surface area contributed by atoms with Crippen molar-refractivity contribution in [3.05, 3.63) is 30.2 Å². The Labute approximate surface area is 151 Å². The van der Waals surface area contributed by atoms with E-state index in [9.17, 15) is 22.8 Å². The summed E-state index contributed by atoms with van der Waals surface area (Å²) < 4.78 is 35.9. The van der Waals surface area contributed by atoms with Crippen LogP contribution in [-0.4, -0.2) is 34.5 Å². The predicted octanol–water partition coefficient (Wildman–Crippen LogP) is 3.30. The molecule has 0 aromatic carbocycles. The second-order valence-corrected chi connectivity index (χ2v) is 6.46. The van der Waals surface area contributed by atoms with E-state index in [2.05, 4.69) is 15.3 Å². The monoisotopic (exact) mass is 386 g/mol. The summed E-state index contributed by atoms with van der Waals surface area (Å²) in [4.78, 5) is 32.3. The Morgan fingerprint density at radius 2 is 1.81 bits per heavy atom. The number of nitrogens with one attached hydrogen (secondary N) is 2. The number of nitrogens with zero attached hydrogens (tertiary/aromatic N) is 2. The predicted molar refractivity (Wildman–Crippen MR) is 91.6 cm³/mol. The van der Waals surface area contributed by atoms with E-state index in [1.54, 1.807) is 17.7 Å². The van der Waals surface area contributed by atoms with E-state index in [0.29, 0.717) is 5.13 Å². The van der Waals surface area contributed by atoms with Crippen LogP contribution in [0.3, 0.4) is 0 Å². The van der Waals surface area contributed by atoms with Crippen molar-refractivity contribution in [2.24, 2.45) is 0 Å². The van der Waals surface area contributed by atoms with Gasteiger partial charge in [0, 0.05) is 25.2 Å². The van der Waals surface area contributed by atoms with Gasteiger partial charge >= 0.3 is 6.18 Å². The minimum absolute atomic E-state index is 0.0165. The van der Waals surface area contributed by atoms with Crippen molar-refractivity contribution < 1.29 is 22.8 Å². The maximum absolute atomic E-state index is 12.0. The van der Waals surface area contributed by atoms with Gasteiger partial charge in [0.25, 0.3) is 0 Å². The smallest absolute Gasteiger partial charge is 0.347 e. The zero-order chi connectivity index (χ0) is 19.2. The van der Waals surface area contributed by atoms with Crippen molar-refractivity contribution in [3.63, 3.8) is 0 Å². The molecule has 2 aromatic rings. The summed E-state index contributed by atoms with van der Waals surface area (Å²) in [5.41, 5.74) is 1.71. The van der Waals surface area contributed by atoms with Crippen LogP contribution in [0.1, 0.15) is 25.0 Å².